The van der Waals surface area contributed by atoms with E-state index in [2.05, 4.69) is 5.73 Å². The Morgan fingerprint density at radius 1 is 1.36 bits per heavy atom. The zero-order chi connectivity index (χ0) is 9.07. The van der Waals surface area contributed by atoms with E-state index in [1.54, 1.807) is 0 Å². The third kappa shape index (κ3) is 3.54. The Hall–Kier alpha value is -1.13. The van der Waals surface area contributed by atoms with Crippen LogP contribution in [0, 0.1) is 0 Å². The van der Waals surface area contributed by atoms with Crippen molar-refractivity contribution in [1.82, 2.24) is 0 Å². The van der Waals surface area contributed by atoms with Gasteiger partial charge >= 0.3 is 6.18 Å². The predicted octanol–water partition coefficient (Wildman–Crippen LogP) is 1.25. The standard InChI is InChI=1S/C6H9F3N2/c1-4(3-10)2-5(11)6(7,8)9/h2-3H,10-11H2,1H3/b4-3-,5-2-. The number of halogens is 3. The Bertz CT molecular complexity index is 190. The third-order valence-corrected chi connectivity index (χ3v) is 0.973. The van der Waals surface area contributed by atoms with Crippen molar-refractivity contribution in [1.29, 1.82) is 0 Å². The summed E-state index contributed by atoms with van der Waals surface area (Å²) >= 11 is 0. The van der Waals surface area contributed by atoms with Gasteiger partial charge in [0.1, 0.15) is 5.70 Å². The molecule has 0 aliphatic carbocycles. The van der Waals surface area contributed by atoms with Crippen LogP contribution < -0.4 is 11.5 Å². The average molecular weight is 166 g/mol. The number of allylic oxidation sites excluding steroid dienone is 3. The Morgan fingerprint density at radius 2 is 1.82 bits per heavy atom. The van der Waals surface area contributed by atoms with E-state index in [1.165, 1.54) is 6.92 Å². The lowest BCUT2D eigenvalue weighted by molar-refractivity contribution is -0.0926. The molecule has 0 amide bonds. The highest BCUT2D eigenvalue weighted by Gasteiger charge is 2.30. The highest BCUT2D eigenvalue weighted by Crippen LogP contribution is 2.21. The van der Waals surface area contributed by atoms with E-state index in [1.807, 2.05) is 0 Å². The van der Waals surface area contributed by atoms with Gasteiger partial charge in [0.25, 0.3) is 0 Å². The summed E-state index contributed by atoms with van der Waals surface area (Å²) in [4.78, 5) is 0. The van der Waals surface area contributed by atoms with Crippen LogP contribution in [0.25, 0.3) is 0 Å². The molecule has 5 heteroatoms. The van der Waals surface area contributed by atoms with Crippen LogP contribution in [0.5, 0.6) is 0 Å². The molecule has 0 saturated carbocycles. The molecule has 0 unspecified atom stereocenters. The van der Waals surface area contributed by atoms with Gasteiger partial charge in [-0.05, 0) is 24.8 Å². The topological polar surface area (TPSA) is 52.0 Å². The Morgan fingerprint density at radius 3 is 2.09 bits per heavy atom. The van der Waals surface area contributed by atoms with Crippen molar-refractivity contribution in [2.45, 2.75) is 13.1 Å². The van der Waals surface area contributed by atoms with Gasteiger partial charge in [-0.25, -0.2) is 0 Å². The Labute approximate surface area is 62.4 Å². The van der Waals surface area contributed by atoms with Crippen molar-refractivity contribution in [3.63, 3.8) is 0 Å². The molecular weight excluding hydrogens is 157 g/mol. The van der Waals surface area contributed by atoms with Gasteiger partial charge in [0.05, 0.1) is 0 Å². The van der Waals surface area contributed by atoms with E-state index in [-0.39, 0.29) is 5.57 Å². The zero-order valence-corrected chi connectivity index (χ0v) is 5.94. The van der Waals surface area contributed by atoms with E-state index >= 15 is 0 Å². The van der Waals surface area contributed by atoms with Gasteiger partial charge in [-0.3, -0.25) is 0 Å². The molecule has 0 atom stereocenters. The zero-order valence-electron chi connectivity index (χ0n) is 5.94. The van der Waals surface area contributed by atoms with E-state index in [9.17, 15) is 13.2 Å². The summed E-state index contributed by atoms with van der Waals surface area (Å²) in [5, 5.41) is 0. The van der Waals surface area contributed by atoms with Gasteiger partial charge in [-0.15, -0.1) is 0 Å². The molecule has 0 aromatic rings. The summed E-state index contributed by atoms with van der Waals surface area (Å²) in [6.45, 7) is 1.43. The lowest BCUT2D eigenvalue weighted by atomic mass is 10.2. The minimum absolute atomic E-state index is 0.278. The average Bonchev–Trinajstić information content (AvgIpc) is 1.85. The van der Waals surface area contributed by atoms with Crippen molar-refractivity contribution >= 4 is 0 Å². The third-order valence-electron chi connectivity index (χ3n) is 0.973. The highest BCUT2D eigenvalue weighted by molar-refractivity contribution is 5.21. The second kappa shape index (κ2) is 3.32. The molecule has 11 heavy (non-hydrogen) atoms. The number of nitrogens with two attached hydrogens (primary N) is 2. The fraction of sp³-hybridized carbons (Fsp3) is 0.333. The minimum Gasteiger partial charge on any atom is -0.404 e. The van der Waals surface area contributed by atoms with Crippen LogP contribution in [0.4, 0.5) is 13.2 Å². The molecule has 0 bridgehead atoms. The second-order valence-corrected chi connectivity index (χ2v) is 2.01. The molecule has 0 fully saturated rings. The van der Waals surface area contributed by atoms with Crippen LogP contribution in [0.3, 0.4) is 0 Å². The maximum absolute atomic E-state index is 11.7. The largest absolute Gasteiger partial charge is 0.430 e. The molecule has 2 nitrogen and oxygen atoms in total. The lowest BCUT2D eigenvalue weighted by Crippen LogP contribution is -2.19. The number of hydrogen-bond acceptors (Lipinski definition) is 2. The SMILES string of the molecule is CC(=C/N)/C=C(\N)C(F)(F)F. The maximum atomic E-state index is 11.7. The summed E-state index contributed by atoms with van der Waals surface area (Å²) in [6, 6.07) is 0. The van der Waals surface area contributed by atoms with Crippen LogP contribution >= 0.6 is 0 Å². The van der Waals surface area contributed by atoms with Crippen molar-refractivity contribution < 1.29 is 13.2 Å². The van der Waals surface area contributed by atoms with Crippen molar-refractivity contribution in [2.75, 3.05) is 0 Å². The Kier molecular flexibility index (Phi) is 2.98. The fourth-order valence-electron chi connectivity index (χ4n) is 0.375. The van der Waals surface area contributed by atoms with Crippen molar-refractivity contribution in [2.24, 2.45) is 11.5 Å². The maximum Gasteiger partial charge on any atom is 0.430 e. The Balaban J connectivity index is 4.48. The monoisotopic (exact) mass is 166 g/mol. The quantitative estimate of drug-likeness (QED) is 0.576. The minimum atomic E-state index is -4.47. The summed E-state index contributed by atoms with van der Waals surface area (Å²) in [5.74, 6) is 0. The first kappa shape index (κ1) is 9.87. The predicted molar refractivity (Wildman–Crippen MR) is 36.3 cm³/mol. The molecule has 0 aromatic carbocycles. The van der Waals surface area contributed by atoms with Crippen molar-refractivity contribution in [3.05, 3.63) is 23.5 Å². The smallest absolute Gasteiger partial charge is 0.404 e. The molecule has 0 spiro atoms. The van der Waals surface area contributed by atoms with Crippen LogP contribution in [0.2, 0.25) is 0 Å². The molecule has 0 aromatic heterocycles. The second-order valence-electron chi connectivity index (χ2n) is 2.01. The molecule has 4 N–H and O–H groups in total. The van der Waals surface area contributed by atoms with Crippen LogP contribution in [-0.4, -0.2) is 6.18 Å². The molecule has 0 aliphatic rings. The molecular formula is C6H9F3N2. The molecule has 0 rings (SSSR count). The van der Waals surface area contributed by atoms with Gasteiger partial charge in [-0.1, -0.05) is 0 Å². The number of rotatable bonds is 1. The van der Waals surface area contributed by atoms with Gasteiger partial charge in [0.15, 0.2) is 0 Å². The van der Waals surface area contributed by atoms with E-state index in [0.29, 0.717) is 0 Å². The van der Waals surface area contributed by atoms with Crippen molar-refractivity contribution in [3.8, 4) is 0 Å². The molecule has 0 heterocycles. The van der Waals surface area contributed by atoms with E-state index in [4.69, 9.17) is 5.73 Å². The van der Waals surface area contributed by atoms with E-state index < -0.39 is 11.9 Å². The first-order valence-electron chi connectivity index (χ1n) is 2.80. The van der Waals surface area contributed by atoms with Crippen LogP contribution in [-0.2, 0) is 0 Å². The summed E-state index contributed by atoms with van der Waals surface area (Å²) < 4.78 is 35.1. The highest BCUT2D eigenvalue weighted by atomic mass is 19.4. The molecule has 0 radical (unpaired) electrons. The van der Waals surface area contributed by atoms with Crippen LogP contribution in [0.15, 0.2) is 23.5 Å². The molecule has 0 saturated heterocycles. The van der Waals surface area contributed by atoms with Crippen LogP contribution in [0.1, 0.15) is 6.92 Å². The van der Waals surface area contributed by atoms with Gasteiger partial charge in [0, 0.05) is 0 Å². The van der Waals surface area contributed by atoms with Gasteiger partial charge < -0.3 is 11.5 Å². The van der Waals surface area contributed by atoms with Gasteiger partial charge in [0.2, 0.25) is 0 Å². The first-order valence-corrected chi connectivity index (χ1v) is 2.80. The molecule has 64 valence electrons. The summed E-state index contributed by atoms with van der Waals surface area (Å²) in [7, 11) is 0. The molecule has 0 aliphatic heterocycles. The number of alkyl halides is 3. The van der Waals surface area contributed by atoms with E-state index in [0.717, 1.165) is 12.3 Å². The first-order chi connectivity index (χ1) is 4.88. The fourth-order valence-corrected chi connectivity index (χ4v) is 0.375. The van der Waals surface area contributed by atoms with Gasteiger partial charge in [-0.2, -0.15) is 13.2 Å². The number of hydrogen-bond donors (Lipinski definition) is 2. The normalized spacial score (nSPS) is 15.3. The lowest BCUT2D eigenvalue weighted by Gasteiger charge is -2.05. The summed E-state index contributed by atoms with van der Waals surface area (Å²) in [5.41, 5.74) is 8.74. The summed E-state index contributed by atoms with van der Waals surface area (Å²) in [6.07, 6.45) is -2.64.